The smallest absolute Gasteiger partial charge is 0.307 e. The molecule has 1 amide bonds. The second kappa shape index (κ2) is 8.50. The number of benzene rings is 1. The number of hydrogen-bond acceptors (Lipinski definition) is 4. The molecule has 0 saturated carbocycles. The fraction of sp³-hybridized carbons (Fsp3) is 0.385. The highest BCUT2D eigenvalue weighted by Crippen LogP contribution is 2.09. The van der Waals surface area contributed by atoms with E-state index in [4.69, 9.17) is 5.73 Å². The van der Waals surface area contributed by atoms with Crippen molar-refractivity contribution in [3.63, 3.8) is 0 Å². The van der Waals surface area contributed by atoms with Crippen LogP contribution in [0.5, 0.6) is 0 Å². The van der Waals surface area contributed by atoms with Gasteiger partial charge in [-0.25, -0.2) is 0 Å². The van der Waals surface area contributed by atoms with Crippen LogP contribution < -0.4 is 11.1 Å². The molecule has 2 atom stereocenters. The first-order chi connectivity index (χ1) is 8.54. The minimum Gasteiger partial charge on any atom is -0.469 e. The van der Waals surface area contributed by atoms with Gasteiger partial charge >= 0.3 is 5.97 Å². The monoisotopic (exact) mass is 286 g/mol. The van der Waals surface area contributed by atoms with Gasteiger partial charge in [0.2, 0.25) is 5.91 Å². The molecular weight excluding hydrogens is 268 g/mol. The number of ether oxygens (including phenoxy) is 1. The molecule has 0 aromatic heterocycles. The summed E-state index contributed by atoms with van der Waals surface area (Å²) in [5.41, 5.74) is 6.56. The SMILES string of the molecule is COC(=O)CC(C)NC(=O)C(N)c1ccccc1.Cl. The average Bonchev–Trinajstić information content (AvgIpc) is 2.38. The van der Waals surface area contributed by atoms with Crippen LogP contribution in [-0.2, 0) is 14.3 Å². The van der Waals surface area contributed by atoms with Crippen LogP contribution in [0.3, 0.4) is 0 Å². The summed E-state index contributed by atoms with van der Waals surface area (Å²) in [4.78, 5) is 22.9. The molecular formula is C13H19ClN2O3. The predicted octanol–water partition coefficient (Wildman–Crippen LogP) is 1.18. The van der Waals surface area contributed by atoms with Crippen molar-refractivity contribution < 1.29 is 14.3 Å². The number of nitrogens with one attached hydrogen (secondary N) is 1. The Morgan fingerprint density at radius 2 is 1.89 bits per heavy atom. The van der Waals surface area contributed by atoms with Gasteiger partial charge in [0.15, 0.2) is 0 Å². The van der Waals surface area contributed by atoms with Crippen molar-refractivity contribution in [1.29, 1.82) is 0 Å². The number of esters is 1. The van der Waals surface area contributed by atoms with E-state index in [1.165, 1.54) is 7.11 Å². The highest BCUT2D eigenvalue weighted by Gasteiger charge is 2.18. The number of carbonyl (C=O) groups is 2. The zero-order chi connectivity index (χ0) is 13.5. The zero-order valence-electron chi connectivity index (χ0n) is 11.0. The first-order valence-electron chi connectivity index (χ1n) is 5.72. The molecule has 0 heterocycles. The van der Waals surface area contributed by atoms with Crippen molar-refractivity contribution in [1.82, 2.24) is 5.32 Å². The molecule has 0 saturated heterocycles. The number of rotatable bonds is 5. The molecule has 19 heavy (non-hydrogen) atoms. The van der Waals surface area contributed by atoms with Gasteiger partial charge in [-0.3, -0.25) is 9.59 Å². The number of carbonyl (C=O) groups excluding carboxylic acids is 2. The molecule has 0 spiro atoms. The van der Waals surface area contributed by atoms with Gasteiger partial charge in [0.05, 0.1) is 13.5 Å². The van der Waals surface area contributed by atoms with Crippen LogP contribution >= 0.6 is 12.4 Å². The molecule has 1 rings (SSSR count). The van der Waals surface area contributed by atoms with Crippen molar-refractivity contribution in [3.8, 4) is 0 Å². The van der Waals surface area contributed by atoms with Crippen LogP contribution in [0.1, 0.15) is 24.9 Å². The van der Waals surface area contributed by atoms with Crippen molar-refractivity contribution in [3.05, 3.63) is 35.9 Å². The van der Waals surface area contributed by atoms with E-state index >= 15 is 0 Å². The topological polar surface area (TPSA) is 81.4 Å². The molecule has 0 bridgehead atoms. The Labute approximate surface area is 118 Å². The first-order valence-corrected chi connectivity index (χ1v) is 5.72. The lowest BCUT2D eigenvalue weighted by atomic mass is 10.1. The van der Waals surface area contributed by atoms with Crippen molar-refractivity contribution in [2.45, 2.75) is 25.4 Å². The normalized spacial score (nSPS) is 12.8. The van der Waals surface area contributed by atoms with Gasteiger partial charge in [-0.1, -0.05) is 30.3 Å². The van der Waals surface area contributed by atoms with Crippen LogP contribution in [0.15, 0.2) is 30.3 Å². The van der Waals surface area contributed by atoms with E-state index in [1.54, 1.807) is 19.1 Å². The van der Waals surface area contributed by atoms with Crippen LogP contribution in [0.25, 0.3) is 0 Å². The minimum atomic E-state index is -0.730. The zero-order valence-corrected chi connectivity index (χ0v) is 11.8. The lowest BCUT2D eigenvalue weighted by Gasteiger charge is -2.16. The molecule has 0 fully saturated rings. The number of amides is 1. The molecule has 0 aliphatic rings. The van der Waals surface area contributed by atoms with E-state index in [0.29, 0.717) is 0 Å². The molecule has 5 nitrogen and oxygen atoms in total. The summed E-state index contributed by atoms with van der Waals surface area (Å²) in [6.07, 6.45) is 0.129. The second-order valence-electron chi connectivity index (χ2n) is 4.08. The highest BCUT2D eigenvalue weighted by molar-refractivity contribution is 5.85. The van der Waals surface area contributed by atoms with E-state index in [0.717, 1.165) is 5.56 Å². The third-order valence-corrected chi connectivity index (χ3v) is 2.53. The summed E-state index contributed by atoms with van der Waals surface area (Å²) in [5, 5.41) is 2.68. The molecule has 0 aliphatic carbocycles. The maximum Gasteiger partial charge on any atom is 0.307 e. The Balaban J connectivity index is 0.00000324. The van der Waals surface area contributed by atoms with Crippen LogP contribution in [0, 0.1) is 0 Å². The third-order valence-electron chi connectivity index (χ3n) is 2.53. The predicted molar refractivity (Wildman–Crippen MR) is 74.9 cm³/mol. The fourth-order valence-electron chi connectivity index (χ4n) is 1.53. The van der Waals surface area contributed by atoms with Gasteiger partial charge in [-0.15, -0.1) is 12.4 Å². The summed E-state index contributed by atoms with van der Waals surface area (Å²) >= 11 is 0. The molecule has 2 unspecified atom stereocenters. The molecule has 1 aromatic rings. The van der Waals surface area contributed by atoms with E-state index in [-0.39, 0.29) is 36.7 Å². The van der Waals surface area contributed by atoms with Crippen molar-refractivity contribution in [2.24, 2.45) is 5.73 Å². The first kappa shape index (κ1) is 17.4. The highest BCUT2D eigenvalue weighted by atomic mass is 35.5. The largest absolute Gasteiger partial charge is 0.469 e. The summed E-state index contributed by atoms with van der Waals surface area (Å²) in [6.45, 7) is 1.73. The standard InChI is InChI=1S/C13H18N2O3.ClH/c1-9(8-11(16)18-2)15-13(17)12(14)10-6-4-3-5-7-10;/h3-7,9,12H,8,14H2,1-2H3,(H,15,17);1H. The maximum atomic E-state index is 11.8. The lowest BCUT2D eigenvalue weighted by Crippen LogP contribution is -2.40. The van der Waals surface area contributed by atoms with E-state index < -0.39 is 6.04 Å². The fourth-order valence-corrected chi connectivity index (χ4v) is 1.53. The van der Waals surface area contributed by atoms with Gasteiger partial charge in [0.1, 0.15) is 6.04 Å². The van der Waals surface area contributed by atoms with Gasteiger partial charge in [0, 0.05) is 6.04 Å². The summed E-state index contributed by atoms with van der Waals surface area (Å²) < 4.78 is 4.53. The Morgan fingerprint density at radius 3 is 2.42 bits per heavy atom. The molecule has 6 heteroatoms. The van der Waals surface area contributed by atoms with Gasteiger partial charge in [0.25, 0.3) is 0 Å². The molecule has 3 N–H and O–H groups in total. The third kappa shape index (κ3) is 5.72. The molecule has 0 radical (unpaired) electrons. The molecule has 1 aromatic carbocycles. The number of halogens is 1. The Morgan fingerprint density at radius 1 is 1.32 bits per heavy atom. The van der Waals surface area contributed by atoms with Crippen LogP contribution in [-0.4, -0.2) is 25.0 Å². The maximum absolute atomic E-state index is 11.8. The van der Waals surface area contributed by atoms with E-state index in [2.05, 4.69) is 10.1 Å². The van der Waals surface area contributed by atoms with Crippen LogP contribution in [0.4, 0.5) is 0 Å². The van der Waals surface area contributed by atoms with Crippen LogP contribution in [0.2, 0.25) is 0 Å². The Bertz CT molecular complexity index is 412. The Kier molecular flexibility index (Phi) is 7.79. The Hall–Kier alpha value is -1.59. The minimum absolute atomic E-state index is 0. The second-order valence-corrected chi connectivity index (χ2v) is 4.08. The number of methoxy groups -OCH3 is 1. The lowest BCUT2D eigenvalue weighted by molar-refractivity contribution is -0.141. The van der Waals surface area contributed by atoms with Gasteiger partial charge in [-0.05, 0) is 12.5 Å². The number of nitrogens with two attached hydrogens (primary N) is 1. The van der Waals surface area contributed by atoms with Gasteiger partial charge < -0.3 is 15.8 Å². The molecule has 106 valence electrons. The average molecular weight is 287 g/mol. The van der Waals surface area contributed by atoms with E-state index in [1.807, 2.05) is 18.2 Å². The summed E-state index contributed by atoms with van der Waals surface area (Å²) in [6, 6.07) is 8.03. The van der Waals surface area contributed by atoms with E-state index in [9.17, 15) is 9.59 Å². The molecule has 0 aliphatic heterocycles. The van der Waals surface area contributed by atoms with Crippen molar-refractivity contribution in [2.75, 3.05) is 7.11 Å². The quantitative estimate of drug-likeness (QED) is 0.796. The summed E-state index contributed by atoms with van der Waals surface area (Å²) in [5.74, 6) is -0.673. The summed E-state index contributed by atoms with van der Waals surface area (Å²) in [7, 11) is 1.31. The van der Waals surface area contributed by atoms with Crippen molar-refractivity contribution >= 4 is 24.3 Å². The van der Waals surface area contributed by atoms with Gasteiger partial charge in [-0.2, -0.15) is 0 Å². The number of hydrogen-bond donors (Lipinski definition) is 2.